The van der Waals surface area contributed by atoms with Crippen LogP contribution in [0.1, 0.15) is 59.8 Å². The van der Waals surface area contributed by atoms with Crippen LogP contribution in [0.15, 0.2) is 67.8 Å². The first-order chi connectivity index (χ1) is 19.2. The first-order valence-corrected chi connectivity index (χ1v) is 12.1. The number of ether oxygens (including phenoxy) is 2. The zero-order chi connectivity index (χ0) is 28.8. The minimum atomic E-state index is -0.769. The van der Waals surface area contributed by atoms with Gasteiger partial charge in [-0.3, -0.25) is 0 Å². The van der Waals surface area contributed by atoms with E-state index in [9.17, 15) is 19.8 Å². The van der Waals surface area contributed by atoms with E-state index < -0.39 is 23.8 Å². The van der Waals surface area contributed by atoms with Crippen LogP contribution in [0, 0.1) is 0 Å². The molecule has 2 aromatic heterocycles. The number of carbonyl (C=O) groups is 2. The summed E-state index contributed by atoms with van der Waals surface area (Å²) < 4.78 is 22.0. The van der Waals surface area contributed by atoms with E-state index in [1.807, 2.05) is 0 Å². The molecule has 0 N–H and O–H groups in total. The predicted octanol–water partition coefficient (Wildman–Crippen LogP) is 0.950. The molecule has 0 saturated carbocycles. The maximum atomic E-state index is 12.4. The van der Waals surface area contributed by atoms with Crippen LogP contribution in [0.5, 0.6) is 11.9 Å². The van der Waals surface area contributed by atoms with Gasteiger partial charge in [0.05, 0.1) is 34.9 Å². The highest BCUT2D eigenvalue weighted by Crippen LogP contribution is 2.16. The van der Waals surface area contributed by atoms with Crippen LogP contribution in [-0.2, 0) is 9.47 Å². The number of nitrogens with zero attached hydrogens (tertiary/aromatic N) is 6. The quantitative estimate of drug-likeness (QED) is 0.126. The lowest BCUT2D eigenvalue weighted by Crippen LogP contribution is -2.39. The van der Waals surface area contributed by atoms with E-state index in [4.69, 9.17) is 18.5 Å². The van der Waals surface area contributed by atoms with Crippen molar-refractivity contribution in [1.29, 1.82) is 0 Å². The predicted molar refractivity (Wildman–Crippen MR) is 131 cm³/mol. The maximum absolute atomic E-state index is 12.4. The molecule has 0 radical (unpaired) electrons. The summed E-state index contributed by atoms with van der Waals surface area (Å²) in [5, 5.41) is 40.6. The maximum Gasteiger partial charge on any atom is 0.338 e. The van der Waals surface area contributed by atoms with Gasteiger partial charge in [0, 0.05) is 24.3 Å². The molecule has 2 aromatic carbocycles. The Morgan fingerprint density at radius 1 is 0.725 bits per heavy atom. The highest BCUT2D eigenvalue weighted by atomic mass is 16.6. The van der Waals surface area contributed by atoms with E-state index in [1.165, 1.54) is 47.5 Å². The van der Waals surface area contributed by atoms with Gasteiger partial charge in [0.15, 0.2) is 11.9 Å². The summed E-state index contributed by atoms with van der Waals surface area (Å²) in [6.07, 6.45) is 0. The molecular weight excluding hydrogens is 524 g/mol. The fraction of sp³-hybridized carbons (Fsp3) is 0.231. The third-order valence-corrected chi connectivity index (χ3v) is 5.50. The summed E-state index contributed by atoms with van der Waals surface area (Å²) in [5.41, 5.74) is 1.74. The summed E-state index contributed by atoms with van der Waals surface area (Å²) in [5.74, 6) is -2.50. The molecule has 0 aliphatic carbocycles. The number of aromatic nitrogens is 4. The lowest BCUT2D eigenvalue weighted by atomic mass is 10.2. The van der Waals surface area contributed by atoms with Crippen molar-refractivity contribution in [2.24, 2.45) is 10.2 Å². The largest absolute Gasteiger partial charge is 0.539 e. The van der Waals surface area contributed by atoms with Gasteiger partial charge in [-0.15, -0.1) is 10.2 Å². The monoisotopic (exact) mass is 548 g/mol. The highest BCUT2D eigenvalue weighted by molar-refractivity contribution is 6.00. The molecule has 0 aliphatic heterocycles. The average Bonchev–Trinajstić information content (AvgIpc) is 3.54. The molecule has 40 heavy (non-hydrogen) atoms. The minimum Gasteiger partial charge on any atom is -0.539 e. The molecule has 0 saturated heterocycles. The van der Waals surface area contributed by atoms with Gasteiger partial charge in [0.1, 0.15) is 11.4 Å². The van der Waals surface area contributed by atoms with Gasteiger partial charge in [-0.2, -0.15) is 0 Å². The fourth-order valence-corrected chi connectivity index (χ4v) is 3.60. The fourth-order valence-electron chi connectivity index (χ4n) is 3.60. The molecule has 206 valence electrons. The average molecular weight is 549 g/mol. The molecule has 0 fully saturated rings. The van der Waals surface area contributed by atoms with E-state index in [2.05, 4.69) is 20.7 Å². The van der Waals surface area contributed by atoms with Crippen molar-refractivity contribution in [3.8, 4) is 23.3 Å². The Morgan fingerprint density at radius 2 is 1.07 bits per heavy atom. The van der Waals surface area contributed by atoms with Crippen LogP contribution in [0.2, 0.25) is 0 Å². The van der Waals surface area contributed by atoms with Gasteiger partial charge in [-0.25, -0.2) is 9.59 Å². The van der Waals surface area contributed by atoms with E-state index >= 15 is 0 Å². The van der Waals surface area contributed by atoms with Crippen molar-refractivity contribution >= 4 is 23.4 Å². The highest BCUT2D eigenvalue weighted by Gasteiger charge is 2.26. The molecular formula is C26H24N6O8. The molecule has 0 atom stereocenters. The topological polar surface area (TPSA) is 183 Å². The summed E-state index contributed by atoms with van der Waals surface area (Å²) in [7, 11) is 0. The van der Waals surface area contributed by atoms with Crippen molar-refractivity contribution in [1.82, 2.24) is 10.5 Å². The molecule has 0 bridgehead atoms. The number of rotatable bonds is 9. The molecule has 4 rings (SSSR count). The minimum absolute atomic E-state index is 0.0180. The standard InChI is InChI=1S/C26H24N6O8/c1-5-37-23(33)17-7-11-19(12-8-17)31-21(25(35)39-29-31)15(3)27-28-16(4)22-26(36)40-30-32(22)20-13-9-18(10-14-20)24(34)38-6-2/h7-14H,5-6H2,1-4H3. The summed E-state index contributed by atoms with van der Waals surface area (Å²) in [4.78, 5) is 23.8. The van der Waals surface area contributed by atoms with Crippen molar-refractivity contribution < 1.29 is 47.7 Å². The van der Waals surface area contributed by atoms with Crippen LogP contribution in [0.4, 0.5) is 0 Å². The molecule has 14 heteroatoms. The number of hydrogen-bond donors (Lipinski definition) is 0. The zero-order valence-electron chi connectivity index (χ0n) is 22.0. The van der Waals surface area contributed by atoms with Gasteiger partial charge in [-0.1, -0.05) is 0 Å². The third-order valence-electron chi connectivity index (χ3n) is 5.50. The molecule has 4 aromatic rings. The van der Waals surface area contributed by atoms with Crippen molar-refractivity contribution in [2.45, 2.75) is 27.7 Å². The smallest absolute Gasteiger partial charge is 0.338 e. The summed E-state index contributed by atoms with van der Waals surface area (Å²) in [6.45, 7) is 6.92. The molecule has 0 amide bonds. The third kappa shape index (κ3) is 5.70. The van der Waals surface area contributed by atoms with Crippen LogP contribution >= 0.6 is 0 Å². The zero-order valence-corrected chi connectivity index (χ0v) is 22.0. The Labute approximate surface area is 227 Å². The van der Waals surface area contributed by atoms with E-state index in [0.29, 0.717) is 22.5 Å². The Bertz CT molecular complexity index is 1470. The summed E-state index contributed by atoms with van der Waals surface area (Å²) in [6, 6.07) is 12.4. The van der Waals surface area contributed by atoms with Crippen LogP contribution in [0.3, 0.4) is 0 Å². The van der Waals surface area contributed by atoms with Crippen LogP contribution < -0.4 is 19.6 Å². The molecule has 2 heterocycles. The second-order valence-electron chi connectivity index (χ2n) is 8.15. The number of benzene rings is 2. The van der Waals surface area contributed by atoms with Crippen molar-refractivity contribution in [3.63, 3.8) is 0 Å². The number of esters is 2. The lowest BCUT2D eigenvalue weighted by Gasteiger charge is -2.01. The van der Waals surface area contributed by atoms with Crippen LogP contribution in [0.25, 0.3) is 11.4 Å². The number of hydrogen-bond acceptors (Lipinski definition) is 12. The van der Waals surface area contributed by atoms with Gasteiger partial charge in [-0.05, 0) is 61.3 Å². The Hall–Kier alpha value is -5.40. The normalized spacial score (nSPS) is 11.9. The van der Waals surface area contributed by atoms with Crippen molar-refractivity contribution in [3.05, 3.63) is 71.0 Å². The number of carbonyl (C=O) groups excluding carboxylic acids is 2. The Morgan fingerprint density at radius 3 is 1.40 bits per heavy atom. The molecule has 0 spiro atoms. The van der Waals surface area contributed by atoms with Crippen LogP contribution in [-0.4, -0.2) is 47.1 Å². The second-order valence-corrected chi connectivity index (χ2v) is 8.15. The van der Waals surface area contributed by atoms with Gasteiger partial charge < -0.3 is 28.7 Å². The first-order valence-electron chi connectivity index (χ1n) is 12.1. The molecule has 14 nitrogen and oxygen atoms in total. The second kappa shape index (κ2) is 12.0. The SMILES string of the molecule is CCOC(=O)c1ccc(-[n+]2noc([O-])c2/C(C)=N/N=C(\C)c2c([O-])on[n+]2-c2ccc(C(=O)OCC)cc2)cc1. The Kier molecular flexibility index (Phi) is 8.27. The van der Waals surface area contributed by atoms with Gasteiger partial charge >= 0.3 is 11.9 Å². The van der Waals surface area contributed by atoms with E-state index in [-0.39, 0.29) is 36.0 Å². The molecule has 0 aliphatic rings. The first kappa shape index (κ1) is 27.6. The molecule has 0 unspecified atom stereocenters. The lowest BCUT2D eigenvalue weighted by molar-refractivity contribution is -0.671. The van der Waals surface area contributed by atoms with Gasteiger partial charge in [0.25, 0.3) is 11.4 Å². The van der Waals surface area contributed by atoms with E-state index in [1.54, 1.807) is 38.1 Å². The Balaban J connectivity index is 1.62. The summed E-state index contributed by atoms with van der Waals surface area (Å²) >= 11 is 0. The van der Waals surface area contributed by atoms with Gasteiger partial charge in [0.2, 0.25) is 11.4 Å². The van der Waals surface area contributed by atoms with Crippen molar-refractivity contribution in [2.75, 3.05) is 13.2 Å². The van der Waals surface area contributed by atoms with E-state index in [0.717, 1.165) is 0 Å².